The van der Waals surface area contributed by atoms with E-state index in [1.54, 1.807) is 17.0 Å². The fourth-order valence-corrected chi connectivity index (χ4v) is 13.5. The van der Waals surface area contributed by atoms with E-state index in [9.17, 15) is 0 Å². The van der Waals surface area contributed by atoms with Crippen LogP contribution in [0.1, 0.15) is 135 Å². The number of allylic oxidation sites excluding steroid dienone is 14. The summed E-state index contributed by atoms with van der Waals surface area (Å²) in [6, 6.07) is 2.60. The highest BCUT2D eigenvalue weighted by atomic mass is 15.3. The molecule has 1 saturated heterocycles. The van der Waals surface area contributed by atoms with E-state index >= 15 is 0 Å². The summed E-state index contributed by atoms with van der Waals surface area (Å²) >= 11 is 0. The van der Waals surface area contributed by atoms with E-state index in [1.165, 1.54) is 128 Å². The van der Waals surface area contributed by atoms with Gasteiger partial charge >= 0.3 is 0 Å². The molecule has 9 atom stereocenters. The zero-order chi connectivity index (χ0) is 34.4. The molecule has 1 aliphatic heterocycles. The van der Waals surface area contributed by atoms with Crippen LogP contribution in [0.4, 0.5) is 0 Å². The Morgan fingerprint density at radius 1 is 0.635 bits per heavy atom. The first-order valence-electron chi connectivity index (χ1n) is 22.5. The second-order valence-corrected chi connectivity index (χ2v) is 18.8. The van der Waals surface area contributed by atoms with Gasteiger partial charge in [0.1, 0.15) is 0 Å². The third-order valence-corrected chi connectivity index (χ3v) is 16.1. The van der Waals surface area contributed by atoms with Crippen molar-refractivity contribution < 1.29 is 0 Å². The molecule has 2 fully saturated rings. The van der Waals surface area contributed by atoms with Crippen LogP contribution in [0.5, 0.6) is 0 Å². The summed E-state index contributed by atoms with van der Waals surface area (Å²) in [6.07, 6.45) is 61.7. The van der Waals surface area contributed by atoms with Gasteiger partial charge < -0.3 is 9.80 Å². The van der Waals surface area contributed by atoms with Gasteiger partial charge in [-0.3, -0.25) is 0 Å². The first-order valence-corrected chi connectivity index (χ1v) is 22.5. The Morgan fingerprint density at radius 3 is 2.33 bits per heavy atom. The van der Waals surface area contributed by atoms with Crippen LogP contribution in [0.3, 0.4) is 0 Å². The van der Waals surface area contributed by atoms with Crippen LogP contribution in [-0.4, -0.2) is 34.0 Å². The van der Waals surface area contributed by atoms with Crippen LogP contribution >= 0.6 is 0 Å². The van der Waals surface area contributed by atoms with Gasteiger partial charge in [-0.05, 0) is 182 Å². The van der Waals surface area contributed by atoms with E-state index in [-0.39, 0.29) is 0 Å². The largest absolute Gasteiger partial charge is 0.364 e. The smallest absolute Gasteiger partial charge is 0.0539 e. The number of hydrogen-bond donors (Lipinski definition) is 0. The Balaban J connectivity index is 0.954. The number of nitrogens with zero attached hydrogens (tertiary/aromatic N) is 2. The first kappa shape index (κ1) is 33.8. The highest BCUT2D eigenvalue weighted by Gasteiger charge is 2.52. The zero-order valence-corrected chi connectivity index (χ0v) is 32.1. The van der Waals surface area contributed by atoms with Crippen LogP contribution in [0.2, 0.25) is 0 Å². The maximum atomic E-state index is 3.12. The van der Waals surface area contributed by atoms with Gasteiger partial charge in [0.25, 0.3) is 0 Å². The SMILES string of the molecule is C1=CC2C=CC([C@H]3C=CC(N(C4C=C5[C@@H](CC4)C4CCC6=C(CCCC6)C4N5C4CC=CCC4)C4CCC([C@H]5CC=CCC5)CC4)=CC3)=CC2CC1. The molecule has 52 heavy (non-hydrogen) atoms. The van der Waals surface area contributed by atoms with Gasteiger partial charge in [0.15, 0.2) is 0 Å². The number of fused-ring (bicyclic) bond motifs is 5. The molecule has 0 spiro atoms. The lowest BCUT2D eigenvalue weighted by atomic mass is 9.69. The Bertz CT molecular complexity index is 1620. The molecule has 1 saturated carbocycles. The quantitative estimate of drug-likeness (QED) is 0.255. The van der Waals surface area contributed by atoms with Crippen molar-refractivity contribution in [2.24, 2.45) is 41.4 Å². The van der Waals surface area contributed by atoms with Gasteiger partial charge in [0.2, 0.25) is 0 Å². The minimum atomic E-state index is 0.531. The molecule has 9 aliphatic carbocycles. The van der Waals surface area contributed by atoms with Crippen LogP contribution in [-0.2, 0) is 0 Å². The summed E-state index contributed by atoms with van der Waals surface area (Å²) in [7, 11) is 0. The van der Waals surface area contributed by atoms with Gasteiger partial charge in [-0.15, -0.1) is 0 Å². The Kier molecular flexibility index (Phi) is 9.64. The molecule has 0 N–H and O–H groups in total. The lowest BCUT2D eigenvalue weighted by molar-refractivity contribution is 0.114. The highest BCUT2D eigenvalue weighted by Crippen LogP contribution is 2.56. The van der Waals surface area contributed by atoms with Crippen molar-refractivity contribution in [2.75, 3.05) is 0 Å². The predicted molar refractivity (Wildman–Crippen MR) is 217 cm³/mol. The molecule has 10 rings (SSSR count). The summed E-state index contributed by atoms with van der Waals surface area (Å²) in [5.74, 6) is 5.36. The van der Waals surface area contributed by atoms with Crippen molar-refractivity contribution in [3.63, 3.8) is 0 Å². The average molecular weight is 695 g/mol. The van der Waals surface area contributed by atoms with E-state index < -0.39 is 0 Å². The summed E-state index contributed by atoms with van der Waals surface area (Å²) in [5, 5.41) is 0. The summed E-state index contributed by atoms with van der Waals surface area (Å²) in [6.45, 7) is 0. The molecular weight excluding hydrogens is 629 g/mol. The lowest BCUT2D eigenvalue weighted by Crippen LogP contribution is -2.46. The van der Waals surface area contributed by atoms with Crippen molar-refractivity contribution in [1.82, 2.24) is 9.80 Å². The van der Waals surface area contributed by atoms with Crippen molar-refractivity contribution in [3.8, 4) is 0 Å². The minimum absolute atomic E-state index is 0.531. The molecule has 10 aliphatic rings. The lowest BCUT2D eigenvalue weighted by Gasteiger charge is -2.47. The topological polar surface area (TPSA) is 6.48 Å². The second kappa shape index (κ2) is 14.8. The van der Waals surface area contributed by atoms with Crippen molar-refractivity contribution in [1.29, 1.82) is 0 Å². The van der Waals surface area contributed by atoms with Crippen LogP contribution in [0.15, 0.2) is 107 Å². The first-order chi connectivity index (χ1) is 25.8. The highest BCUT2D eigenvalue weighted by molar-refractivity contribution is 5.40. The van der Waals surface area contributed by atoms with Crippen LogP contribution in [0, 0.1) is 41.4 Å². The molecule has 2 nitrogen and oxygen atoms in total. The normalized spacial score (nSPS) is 41.0. The fraction of sp³-hybridized carbons (Fsp3) is 0.640. The van der Waals surface area contributed by atoms with Crippen molar-refractivity contribution in [3.05, 3.63) is 107 Å². The molecule has 2 heteroatoms. The second-order valence-electron chi connectivity index (χ2n) is 18.8. The predicted octanol–water partition coefficient (Wildman–Crippen LogP) is 12.5. The minimum Gasteiger partial charge on any atom is -0.364 e. The average Bonchev–Trinajstić information content (AvgIpc) is 3.56. The van der Waals surface area contributed by atoms with Gasteiger partial charge in [-0.1, -0.05) is 72.4 Å². The Labute approximate surface area is 316 Å². The molecule has 0 aromatic rings. The third kappa shape index (κ3) is 6.34. The summed E-state index contributed by atoms with van der Waals surface area (Å²) < 4.78 is 0. The molecule has 0 radical (unpaired) electrons. The van der Waals surface area contributed by atoms with Crippen molar-refractivity contribution in [2.45, 2.75) is 159 Å². The van der Waals surface area contributed by atoms with Crippen molar-refractivity contribution >= 4 is 0 Å². The van der Waals surface area contributed by atoms with Gasteiger partial charge in [-0.25, -0.2) is 0 Å². The molecule has 6 unspecified atom stereocenters. The molecule has 0 amide bonds. The van der Waals surface area contributed by atoms with Gasteiger partial charge in [0.05, 0.1) is 6.04 Å². The number of hydrogen-bond acceptors (Lipinski definition) is 2. The third-order valence-electron chi connectivity index (χ3n) is 16.1. The monoisotopic (exact) mass is 695 g/mol. The molecule has 0 aromatic heterocycles. The Morgan fingerprint density at radius 2 is 1.50 bits per heavy atom. The summed E-state index contributed by atoms with van der Waals surface area (Å²) in [5.41, 5.74) is 8.73. The molecular formula is C50H66N2. The Hall–Kier alpha value is -2.74. The number of likely N-dealkylation sites (tertiary alicyclic amines) is 1. The zero-order valence-electron chi connectivity index (χ0n) is 32.1. The van der Waals surface area contributed by atoms with E-state index in [0.717, 1.165) is 30.1 Å². The van der Waals surface area contributed by atoms with E-state index in [1.807, 2.05) is 11.1 Å². The fourth-order valence-electron chi connectivity index (χ4n) is 13.5. The van der Waals surface area contributed by atoms with E-state index in [2.05, 4.69) is 88.8 Å². The molecule has 0 aromatic carbocycles. The summed E-state index contributed by atoms with van der Waals surface area (Å²) in [4.78, 5) is 6.15. The van der Waals surface area contributed by atoms with E-state index in [4.69, 9.17) is 0 Å². The van der Waals surface area contributed by atoms with Gasteiger partial charge in [-0.2, -0.15) is 0 Å². The van der Waals surface area contributed by atoms with Gasteiger partial charge in [0, 0.05) is 47.3 Å². The van der Waals surface area contributed by atoms with E-state index in [0.29, 0.717) is 41.9 Å². The number of rotatable bonds is 6. The van der Waals surface area contributed by atoms with Crippen LogP contribution in [0.25, 0.3) is 0 Å². The maximum absolute atomic E-state index is 3.12. The molecule has 1 heterocycles. The van der Waals surface area contributed by atoms with Crippen LogP contribution < -0.4 is 0 Å². The maximum Gasteiger partial charge on any atom is 0.0539 e. The molecule has 276 valence electrons. The standard InChI is InChI=1S/C50H66N2/c1-3-11-35(12-4-1)37-21-26-43(27-22-37)51(44-28-23-38(24-29-44)41-20-19-36-13-7-8-15-40(36)33-41)45-30-32-47-48-31-25-39-14-9-10-18-46(39)50(48)52(49(47)34-45)42-16-5-2-6-17-42/h1-3,5,7,13,19-20,23,28-29,33-38,40,42-43,45,47-48,50H,4,6,8-12,14-18,21-22,24-27,30-32H2/t35-,36?,37?,38-,40?,42?,43?,45?,47-,48?,50?/m0/s1. The molecule has 0 bridgehead atoms.